The molecule has 20 heavy (non-hydrogen) atoms. The van der Waals surface area contributed by atoms with E-state index < -0.39 is 0 Å². The largest absolute Gasteiger partial charge is 0.508 e. The lowest BCUT2D eigenvalue weighted by Gasteiger charge is -2.34. The second kappa shape index (κ2) is 8.98. The van der Waals surface area contributed by atoms with Crippen LogP contribution in [0.4, 0.5) is 4.39 Å². The Balaban J connectivity index is 0.00000180. The maximum absolute atomic E-state index is 13.3. The van der Waals surface area contributed by atoms with Crippen molar-refractivity contribution in [1.82, 2.24) is 10.2 Å². The molecule has 1 fully saturated rings. The van der Waals surface area contributed by atoms with Crippen LogP contribution >= 0.6 is 24.8 Å². The van der Waals surface area contributed by atoms with E-state index in [9.17, 15) is 9.50 Å². The zero-order valence-corrected chi connectivity index (χ0v) is 12.5. The molecule has 2 rings (SSSR count). The monoisotopic (exact) mass is 321 g/mol. The number of hydrogen-bond acceptors (Lipinski definition) is 4. The third-order valence-corrected chi connectivity index (χ3v) is 3.23. The first-order chi connectivity index (χ1) is 8.72. The smallest absolute Gasteiger partial charge is 0.123 e. The summed E-state index contributed by atoms with van der Waals surface area (Å²) in [6.07, 6.45) is 0.247. The summed E-state index contributed by atoms with van der Waals surface area (Å²) < 4.78 is 13.3. The van der Waals surface area contributed by atoms with Gasteiger partial charge in [0.05, 0.1) is 18.5 Å². The normalized spacial score (nSPS) is 16.4. The van der Waals surface area contributed by atoms with Crippen LogP contribution in [0.25, 0.3) is 0 Å². The molecule has 4 nitrogen and oxygen atoms in total. The van der Waals surface area contributed by atoms with E-state index in [1.54, 1.807) is 0 Å². The molecule has 1 aromatic rings. The fraction of sp³-hybridized carbons (Fsp3) is 0.462. The Bertz CT molecular complexity index is 461. The number of aromatic hydroxyl groups is 1. The minimum atomic E-state index is -0.388. The van der Waals surface area contributed by atoms with Crippen molar-refractivity contribution in [3.8, 4) is 11.8 Å². The van der Waals surface area contributed by atoms with Gasteiger partial charge in [-0.25, -0.2) is 4.39 Å². The molecule has 112 valence electrons. The molecule has 1 saturated heterocycles. The van der Waals surface area contributed by atoms with Crippen molar-refractivity contribution in [1.29, 1.82) is 5.26 Å². The first kappa shape index (κ1) is 18.9. The Morgan fingerprint density at radius 2 is 2.00 bits per heavy atom. The molecular formula is C13H18Cl2FN3O. The van der Waals surface area contributed by atoms with Crippen LogP contribution in [0.1, 0.15) is 18.0 Å². The fourth-order valence-electron chi connectivity index (χ4n) is 2.31. The van der Waals surface area contributed by atoms with Crippen LogP contribution in [0.3, 0.4) is 0 Å². The summed E-state index contributed by atoms with van der Waals surface area (Å²) in [5.74, 6) is -0.337. The van der Waals surface area contributed by atoms with E-state index in [0.717, 1.165) is 26.2 Å². The highest BCUT2D eigenvalue weighted by atomic mass is 35.5. The standard InChI is InChI=1S/C13H16FN3O.2ClH/c14-10-1-2-13(18)11(9-10)12(3-4-15)17-7-5-16-6-8-17;;/h1-2,9,12,16,18H,3,5-8H2;2*1H/t12-;;/m1../s1. The van der Waals surface area contributed by atoms with Gasteiger partial charge in [0.2, 0.25) is 0 Å². The molecule has 0 bridgehead atoms. The molecular weight excluding hydrogens is 304 g/mol. The molecule has 1 aliphatic rings. The van der Waals surface area contributed by atoms with Crippen LogP contribution in [-0.4, -0.2) is 36.2 Å². The number of rotatable bonds is 3. The maximum Gasteiger partial charge on any atom is 0.123 e. The third kappa shape index (κ3) is 4.50. The number of phenolic OH excluding ortho intramolecular Hbond substituents is 1. The summed E-state index contributed by atoms with van der Waals surface area (Å²) in [6, 6.07) is 5.76. The van der Waals surface area contributed by atoms with Gasteiger partial charge in [-0.15, -0.1) is 24.8 Å². The Morgan fingerprint density at radius 3 is 2.60 bits per heavy atom. The second-order valence-corrected chi connectivity index (χ2v) is 4.37. The fourth-order valence-corrected chi connectivity index (χ4v) is 2.31. The lowest BCUT2D eigenvalue weighted by atomic mass is 10.0. The molecule has 0 radical (unpaired) electrons. The minimum Gasteiger partial charge on any atom is -0.508 e. The summed E-state index contributed by atoms with van der Waals surface area (Å²) in [5.41, 5.74) is 0.499. The van der Waals surface area contributed by atoms with Gasteiger partial charge in [0.25, 0.3) is 0 Å². The molecule has 0 unspecified atom stereocenters. The molecule has 0 aliphatic carbocycles. The average Bonchev–Trinajstić information content (AvgIpc) is 2.40. The van der Waals surface area contributed by atoms with Crippen LogP contribution in [0.15, 0.2) is 18.2 Å². The van der Waals surface area contributed by atoms with Crippen LogP contribution in [-0.2, 0) is 0 Å². The Kier molecular flexibility index (Phi) is 8.51. The van der Waals surface area contributed by atoms with E-state index in [4.69, 9.17) is 5.26 Å². The highest BCUT2D eigenvalue weighted by molar-refractivity contribution is 5.85. The number of piperazine rings is 1. The van der Waals surface area contributed by atoms with Gasteiger partial charge in [-0.1, -0.05) is 0 Å². The number of nitrogens with one attached hydrogen (secondary N) is 1. The zero-order valence-electron chi connectivity index (χ0n) is 10.9. The summed E-state index contributed by atoms with van der Waals surface area (Å²) >= 11 is 0. The molecule has 1 heterocycles. The topological polar surface area (TPSA) is 59.3 Å². The first-order valence-electron chi connectivity index (χ1n) is 6.02. The van der Waals surface area contributed by atoms with Crippen molar-refractivity contribution in [3.63, 3.8) is 0 Å². The van der Waals surface area contributed by atoms with E-state index in [2.05, 4.69) is 16.3 Å². The van der Waals surface area contributed by atoms with Gasteiger partial charge in [0.15, 0.2) is 0 Å². The molecule has 0 spiro atoms. The number of halogens is 3. The van der Waals surface area contributed by atoms with Gasteiger partial charge in [-0.2, -0.15) is 5.26 Å². The van der Waals surface area contributed by atoms with Crippen LogP contribution in [0, 0.1) is 17.1 Å². The van der Waals surface area contributed by atoms with Crippen molar-refractivity contribution in [2.45, 2.75) is 12.5 Å². The molecule has 1 aliphatic heterocycles. The molecule has 0 saturated carbocycles. The third-order valence-electron chi connectivity index (χ3n) is 3.23. The lowest BCUT2D eigenvalue weighted by Crippen LogP contribution is -2.45. The van der Waals surface area contributed by atoms with Crippen molar-refractivity contribution in [3.05, 3.63) is 29.6 Å². The number of hydrogen-bond donors (Lipinski definition) is 2. The molecule has 0 amide bonds. The molecule has 7 heteroatoms. The van der Waals surface area contributed by atoms with Gasteiger partial charge < -0.3 is 10.4 Å². The summed E-state index contributed by atoms with van der Waals surface area (Å²) in [5, 5.41) is 22.0. The molecule has 1 atom stereocenters. The molecule has 0 aromatic heterocycles. The van der Waals surface area contributed by atoms with Gasteiger partial charge in [0, 0.05) is 31.7 Å². The summed E-state index contributed by atoms with van der Waals surface area (Å²) in [6.45, 7) is 3.28. The number of benzene rings is 1. The average molecular weight is 322 g/mol. The van der Waals surface area contributed by atoms with Crippen molar-refractivity contribution >= 4 is 24.8 Å². The Hall–Kier alpha value is -1.06. The van der Waals surface area contributed by atoms with E-state index in [0.29, 0.717) is 5.56 Å². The SMILES string of the molecule is Cl.Cl.N#CC[C@H](c1cc(F)ccc1O)N1CCNCC1. The lowest BCUT2D eigenvalue weighted by molar-refractivity contribution is 0.173. The highest BCUT2D eigenvalue weighted by Gasteiger charge is 2.24. The first-order valence-corrected chi connectivity index (χ1v) is 6.02. The van der Waals surface area contributed by atoms with Gasteiger partial charge in [-0.3, -0.25) is 4.90 Å². The Morgan fingerprint density at radius 1 is 1.35 bits per heavy atom. The minimum absolute atomic E-state index is 0. The summed E-state index contributed by atoms with van der Waals surface area (Å²) in [7, 11) is 0. The van der Waals surface area contributed by atoms with Crippen molar-refractivity contribution < 1.29 is 9.50 Å². The zero-order chi connectivity index (χ0) is 13.0. The molecule has 2 N–H and O–H groups in total. The number of phenols is 1. The van der Waals surface area contributed by atoms with Gasteiger partial charge in [-0.05, 0) is 18.2 Å². The predicted molar refractivity (Wildman–Crippen MR) is 80.0 cm³/mol. The van der Waals surface area contributed by atoms with Crippen LogP contribution in [0.5, 0.6) is 5.75 Å². The quantitative estimate of drug-likeness (QED) is 0.896. The summed E-state index contributed by atoms with van der Waals surface area (Å²) in [4.78, 5) is 2.11. The van der Waals surface area contributed by atoms with Crippen molar-refractivity contribution in [2.75, 3.05) is 26.2 Å². The van der Waals surface area contributed by atoms with Crippen molar-refractivity contribution in [2.24, 2.45) is 0 Å². The van der Waals surface area contributed by atoms with E-state index in [1.165, 1.54) is 18.2 Å². The van der Waals surface area contributed by atoms with E-state index in [-0.39, 0.29) is 48.8 Å². The van der Waals surface area contributed by atoms with Crippen LogP contribution < -0.4 is 5.32 Å². The van der Waals surface area contributed by atoms with Crippen LogP contribution in [0.2, 0.25) is 0 Å². The Labute approximate surface area is 130 Å². The number of nitriles is 1. The van der Waals surface area contributed by atoms with E-state index >= 15 is 0 Å². The maximum atomic E-state index is 13.3. The molecule has 1 aromatic carbocycles. The predicted octanol–water partition coefficient (Wildman–Crippen LogP) is 2.23. The van der Waals surface area contributed by atoms with E-state index in [1.807, 2.05) is 0 Å². The highest BCUT2D eigenvalue weighted by Crippen LogP contribution is 2.31. The number of nitrogens with zero attached hydrogens (tertiary/aromatic N) is 2. The van der Waals surface area contributed by atoms with Gasteiger partial charge >= 0.3 is 0 Å². The van der Waals surface area contributed by atoms with Gasteiger partial charge in [0.1, 0.15) is 11.6 Å². The second-order valence-electron chi connectivity index (χ2n) is 4.37.